The van der Waals surface area contributed by atoms with Gasteiger partial charge in [-0.1, -0.05) is 6.92 Å². The first-order chi connectivity index (χ1) is 8.72. The lowest BCUT2D eigenvalue weighted by Gasteiger charge is -2.36. The van der Waals surface area contributed by atoms with Crippen LogP contribution in [0.3, 0.4) is 0 Å². The first kappa shape index (κ1) is 15.4. The lowest BCUT2D eigenvalue weighted by Crippen LogP contribution is -2.48. The predicted octanol–water partition coefficient (Wildman–Crippen LogP) is 0.0641. The molecule has 0 saturated carbocycles. The Kier molecular flexibility index (Phi) is 7.23. The highest BCUT2D eigenvalue weighted by molar-refractivity contribution is 5.78. The number of likely N-dealkylation sites (tertiary alicyclic amines) is 1. The Labute approximate surface area is 109 Å². The van der Waals surface area contributed by atoms with Crippen LogP contribution in [0, 0.1) is 0 Å². The van der Waals surface area contributed by atoms with Gasteiger partial charge in [0.15, 0.2) is 0 Å². The van der Waals surface area contributed by atoms with E-state index in [0.717, 1.165) is 25.8 Å². The van der Waals surface area contributed by atoms with Crippen molar-refractivity contribution < 1.29 is 15.0 Å². The molecule has 1 aliphatic rings. The molecule has 106 valence electrons. The molecule has 5 heteroatoms. The van der Waals surface area contributed by atoms with E-state index < -0.39 is 0 Å². The van der Waals surface area contributed by atoms with Crippen molar-refractivity contribution in [1.82, 2.24) is 9.80 Å². The molecule has 18 heavy (non-hydrogen) atoms. The van der Waals surface area contributed by atoms with Gasteiger partial charge in [-0.2, -0.15) is 0 Å². The quantitative estimate of drug-likeness (QED) is 0.678. The lowest BCUT2D eigenvalue weighted by molar-refractivity contribution is -0.136. The van der Waals surface area contributed by atoms with Crippen LogP contribution in [0.5, 0.6) is 0 Å². The van der Waals surface area contributed by atoms with Crippen molar-refractivity contribution in [2.75, 3.05) is 39.4 Å². The summed E-state index contributed by atoms with van der Waals surface area (Å²) in [5.41, 5.74) is 0. The number of amides is 1. The summed E-state index contributed by atoms with van der Waals surface area (Å²) < 4.78 is 0. The largest absolute Gasteiger partial charge is 0.395 e. The molecular weight excluding hydrogens is 232 g/mol. The third kappa shape index (κ3) is 4.55. The predicted molar refractivity (Wildman–Crippen MR) is 70.3 cm³/mol. The van der Waals surface area contributed by atoms with Crippen LogP contribution in [0.25, 0.3) is 0 Å². The average Bonchev–Trinajstić information content (AvgIpc) is 2.39. The number of rotatable bonds is 7. The van der Waals surface area contributed by atoms with Crippen LogP contribution < -0.4 is 0 Å². The van der Waals surface area contributed by atoms with Crippen molar-refractivity contribution >= 4 is 5.91 Å². The van der Waals surface area contributed by atoms with E-state index in [1.165, 1.54) is 6.42 Å². The van der Waals surface area contributed by atoms with E-state index >= 15 is 0 Å². The first-order valence-corrected chi connectivity index (χ1v) is 6.96. The molecule has 1 atom stereocenters. The molecule has 2 N–H and O–H groups in total. The number of carbonyl (C=O) groups is 1. The second kappa shape index (κ2) is 8.45. The summed E-state index contributed by atoms with van der Waals surface area (Å²) in [7, 11) is 0. The SMILES string of the molecule is CCC1CCCCN1C(=O)CN(CCO)CCO. The molecule has 0 aliphatic carbocycles. The van der Waals surface area contributed by atoms with Crippen LogP contribution in [-0.4, -0.2) is 71.4 Å². The molecule has 1 saturated heterocycles. The van der Waals surface area contributed by atoms with E-state index in [1.807, 2.05) is 9.80 Å². The Bertz CT molecular complexity index is 242. The summed E-state index contributed by atoms with van der Waals surface area (Å²) in [6.45, 7) is 4.19. The second-order valence-corrected chi connectivity index (χ2v) is 4.87. The van der Waals surface area contributed by atoms with Crippen LogP contribution >= 0.6 is 0 Å². The van der Waals surface area contributed by atoms with Crippen LogP contribution in [0.4, 0.5) is 0 Å². The number of aliphatic hydroxyl groups excluding tert-OH is 2. The summed E-state index contributed by atoms with van der Waals surface area (Å²) in [5.74, 6) is 0.128. The number of hydrogen-bond acceptors (Lipinski definition) is 4. The molecule has 0 aromatic carbocycles. The zero-order chi connectivity index (χ0) is 13.4. The van der Waals surface area contributed by atoms with E-state index in [0.29, 0.717) is 25.7 Å². The third-order valence-electron chi connectivity index (χ3n) is 3.61. The minimum absolute atomic E-state index is 0.0183. The fraction of sp³-hybridized carbons (Fsp3) is 0.923. The van der Waals surface area contributed by atoms with Crippen LogP contribution in [0.2, 0.25) is 0 Å². The van der Waals surface area contributed by atoms with E-state index in [9.17, 15) is 4.79 Å². The van der Waals surface area contributed by atoms with Crippen molar-refractivity contribution in [3.05, 3.63) is 0 Å². The van der Waals surface area contributed by atoms with E-state index in [2.05, 4.69) is 6.92 Å². The summed E-state index contributed by atoms with van der Waals surface area (Å²) in [5, 5.41) is 17.9. The van der Waals surface area contributed by atoms with Gasteiger partial charge >= 0.3 is 0 Å². The highest BCUT2D eigenvalue weighted by Crippen LogP contribution is 2.19. The fourth-order valence-electron chi connectivity index (χ4n) is 2.59. The standard InChI is InChI=1S/C13H26N2O3/c1-2-12-5-3-4-6-15(12)13(18)11-14(7-9-16)8-10-17/h12,16-17H,2-11H2,1H3. The van der Waals surface area contributed by atoms with Crippen LogP contribution in [0.1, 0.15) is 32.6 Å². The number of carbonyl (C=O) groups excluding carboxylic acids is 1. The van der Waals surface area contributed by atoms with Gasteiger partial charge in [-0.05, 0) is 25.7 Å². The van der Waals surface area contributed by atoms with Gasteiger partial charge in [-0.15, -0.1) is 0 Å². The Hall–Kier alpha value is -0.650. The Balaban J connectivity index is 2.50. The van der Waals surface area contributed by atoms with Crippen LogP contribution in [0.15, 0.2) is 0 Å². The van der Waals surface area contributed by atoms with Gasteiger partial charge in [0.2, 0.25) is 5.91 Å². The molecule has 0 radical (unpaired) electrons. The zero-order valence-corrected chi connectivity index (χ0v) is 11.3. The molecule has 5 nitrogen and oxygen atoms in total. The second-order valence-electron chi connectivity index (χ2n) is 4.87. The number of aliphatic hydroxyl groups is 2. The summed E-state index contributed by atoms with van der Waals surface area (Å²) in [6, 6.07) is 0.372. The molecule has 1 fully saturated rings. The van der Waals surface area contributed by atoms with Gasteiger partial charge in [0.25, 0.3) is 0 Å². The van der Waals surface area contributed by atoms with Crippen molar-refractivity contribution in [3.63, 3.8) is 0 Å². The minimum atomic E-state index is 0.0183. The lowest BCUT2D eigenvalue weighted by atomic mass is 10.00. The normalized spacial score (nSPS) is 20.4. The molecule has 1 rings (SSSR count). The third-order valence-corrected chi connectivity index (χ3v) is 3.61. The first-order valence-electron chi connectivity index (χ1n) is 6.96. The Morgan fingerprint density at radius 2 is 1.94 bits per heavy atom. The Morgan fingerprint density at radius 1 is 1.28 bits per heavy atom. The molecule has 0 bridgehead atoms. The zero-order valence-electron chi connectivity index (χ0n) is 11.3. The van der Waals surface area contributed by atoms with Gasteiger partial charge in [0.1, 0.15) is 0 Å². The molecular formula is C13H26N2O3. The number of nitrogens with zero attached hydrogens (tertiary/aromatic N) is 2. The minimum Gasteiger partial charge on any atom is -0.395 e. The summed E-state index contributed by atoms with van der Waals surface area (Å²) in [6.07, 6.45) is 4.40. The van der Waals surface area contributed by atoms with Crippen molar-refractivity contribution in [1.29, 1.82) is 0 Å². The van der Waals surface area contributed by atoms with E-state index in [1.54, 1.807) is 0 Å². The monoisotopic (exact) mass is 258 g/mol. The highest BCUT2D eigenvalue weighted by Gasteiger charge is 2.26. The van der Waals surface area contributed by atoms with Crippen LogP contribution in [-0.2, 0) is 4.79 Å². The topological polar surface area (TPSA) is 64.0 Å². The van der Waals surface area contributed by atoms with Gasteiger partial charge in [-0.3, -0.25) is 9.69 Å². The smallest absolute Gasteiger partial charge is 0.236 e. The molecule has 1 amide bonds. The molecule has 1 unspecified atom stereocenters. The summed E-state index contributed by atoms with van der Waals surface area (Å²) >= 11 is 0. The fourth-order valence-corrected chi connectivity index (χ4v) is 2.59. The van der Waals surface area contributed by atoms with Crippen molar-refractivity contribution in [2.24, 2.45) is 0 Å². The van der Waals surface area contributed by atoms with E-state index in [4.69, 9.17) is 10.2 Å². The molecule has 0 aromatic rings. The maximum Gasteiger partial charge on any atom is 0.236 e. The summed E-state index contributed by atoms with van der Waals surface area (Å²) in [4.78, 5) is 16.0. The Morgan fingerprint density at radius 3 is 2.50 bits per heavy atom. The average molecular weight is 258 g/mol. The molecule has 0 aromatic heterocycles. The van der Waals surface area contributed by atoms with E-state index in [-0.39, 0.29) is 19.1 Å². The maximum atomic E-state index is 12.2. The van der Waals surface area contributed by atoms with Gasteiger partial charge in [0, 0.05) is 25.7 Å². The van der Waals surface area contributed by atoms with Crippen molar-refractivity contribution in [2.45, 2.75) is 38.6 Å². The molecule has 1 aliphatic heterocycles. The highest BCUT2D eigenvalue weighted by atomic mass is 16.3. The number of piperidine rings is 1. The molecule has 0 spiro atoms. The maximum absolute atomic E-state index is 12.2. The van der Waals surface area contributed by atoms with Gasteiger partial charge in [-0.25, -0.2) is 0 Å². The van der Waals surface area contributed by atoms with Gasteiger partial charge < -0.3 is 15.1 Å². The van der Waals surface area contributed by atoms with Gasteiger partial charge in [0.05, 0.1) is 19.8 Å². The number of hydrogen-bond donors (Lipinski definition) is 2. The van der Waals surface area contributed by atoms with Crippen molar-refractivity contribution in [3.8, 4) is 0 Å². The molecule has 1 heterocycles.